The molecule has 0 fully saturated rings. The third kappa shape index (κ3) is 5.24. The second-order valence-corrected chi connectivity index (χ2v) is 7.49. The van der Waals surface area contributed by atoms with Crippen LogP contribution in [0.25, 0.3) is 0 Å². The maximum absolute atomic E-state index is 12.1. The third-order valence-corrected chi connectivity index (χ3v) is 4.03. The zero-order chi connectivity index (χ0) is 18.6. The van der Waals surface area contributed by atoms with Gasteiger partial charge in [0.25, 0.3) is 0 Å². The van der Waals surface area contributed by atoms with Crippen molar-refractivity contribution in [3.8, 4) is 5.75 Å². The third-order valence-electron chi connectivity index (χ3n) is 4.03. The molecule has 2 amide bonds. The Kier molecular flexibility index (Phi) is 5.73. The number of carbonyl (C=O) groups is 1. The van der Waals surface area contributed by atoms with Gasteiger partial charge in [-0.05, 0) is 49.4 Å². The first-order valence-corrected chi connectivity index (χ1v) is 8.53. The van der Waals surface area contributed by atoms with Crippen LogP contribution in [0.3, 0.4) is 0 Å². The highest BCUT2D eigenvalue weighted by molar-refractivity contribution is 5.90. The van der Waals surface area contributed by atoms with Crippen molar-refractivity contribution >= 4 is 11.7 Å². The summed E-state index contributed by atoms with van der Waals surface area (Å²) >= 11 is 0. The number of nitrogens with one attached hydrogen (secondary N) is 2. The average molecular weight is 340 g/mol. The van der Waals surface area contributed by atoms with Gasteiger partial charge in [-0.2, -0.15) is 0 Å². The van der Waals surface area contributed by atoms with E-state index in [1.54, 1.807) is 0 Å². The maximum atomic E-state index is 12.1. The summed E-state index contributed by atoms with van der Waals surface area (Å²) < 4.78 is 5.80. The lowest BCUT2D eigenvalue weighted by atomic mass is 9.85. The fourth-order valence-electron chi connectivity index (χ4n) is 2.66. The highest BCUT2D eigenvalue weighted by Gasteiger charge is 2.19. The molecule has 0 saturated carbocycles. The Morgan fingerprint density at radius 2 is 1.64 bits per heavy atom. The van der Waals surface area contributed by atoms with Crippen molar-refractivity contribution in [3.05, 3.63) is 58.7 Å². The number of aryl methyl sites for hydroxylation is 3. The Bertz CT molecular complexity index is 761. The Balaban J connectivity index is 1.95. The minimum atomic E-state index is -0.281. The molecule has 2 aromatic rings. The van der Waals surface area contributed by atoms with Crippen molar-refractivity contribution in [2.45, 2.75) is 47.0 Å². The first-order chi connectivity index (χ1) is 11.7. The van der Waals surface area contributed by atoms with Crippen LogP contribution >= 0.6 is 0 Å². The van der Waals surface area contributed by atoms with Gasteiger partial charge in [-0.1, -0.05) is 56.2 Å². The number of hydrogen-bond donors (Lipinski definition) is 2. The van der Waals surface area contributed by atoms with Crippen molar-refractivity contribution in [2.24, 2.45) is 0 Å². The highest BCUT2D eigenvalue weighted by Crippen LogP contribution is 2.32. The monoisotopic (exact) mass is 340 g/mol. The molecular formula is C21H28N2O2. The van der Waals surface area contributed by atoms with Crippen LogP contribution in [-0.2, 0) is 5.41 Å². The molecule has 0 atom stereocenters. The lowest BCUT2D eigenvalue weighted by Crippen LogP contribution is -2.32. The van der Waals surface area contributed by atoms with E-state index >= 15 is 0 Å². The maximum Gasteiger partial charge on any atom is 0.321 e. The number of hydrogen-bond acceptors (Lipinski definition) is 2. The van der Waals surface area contributed by atoms with Crippen LogP contribution in [0.4, 0.5) is 10.5 Å². The summed E-state index contributed by atoms with van der Waals surface area (Å²) in [6.07, 6.45) is 0. The molecule has 25 heavy (non-hydrogen) atoms. The van der Waals surface area contributed by atoms with Crippen molar-refractivity contribution < 1.29 is 9.53 Å². The fraction of sp³-hybridized carbons (Fsp3) is 0.381. The lowest BCUT2D eigenvalue weighted by Gasteiger charge is -2.23. The summed E-state index contributed by atoms with van der Waals surface area (Å²) in [5, 5.41) is 5.59. The molecule has 0 spiro atoms. The zero-order valence-electron chi connectivity index (χ0n) is 16.0. The molecule has 2 rings (SSSR count). The standard InChI is InChI=1S/C21H28N2O2/c1-14-7-9-18(16(3)11-14)23-20(24)22-13-25-19-10-8-15(2)12-17(19)21(4,5)6/h7-12H,13H2,1-6H3,(H2,22,23,24). The molecule has 0 aliphatic carbocycles. The van der Waals surface area contributed by atoms with Crippen LogP contribution in [0.1, 0.15) is 43.0 Å². The van der Waals surface area contributed by atoms with Gasteiger partial charge in [0, 0.05) is 5.69 Å². The molecule has 0 aliphatic rings. The molecule has 4 heteroatoms. The van der Waals surface area contributed by atoms with Crippen molar-refractivity contribution in [2.75, 3.05) is 12.0 Å². The zero-order valence-corrected chi connectivity index (χ0v) is 16.0. The predicted molar refractivity (Wildman–Crippen MR) is 103 cm³/mol. The Hall–Kier alpha value is -2.49. The van der Waals surface area contributed by atoms with Crippen molar-refractivity contribution in [1.29, 1.82) is 0 Å². The van der Waals surface area contributed by atoms with Gasteiger partial charge in [0.1, 0.15) is 5.75 Å². The normalized spacial score (nSPS) is 11.1. The molecule has 0 saturated heterocycles. The highest BCUT2D eigenvalue weighted by atomic mass is 16.5. The van der Waals surface area contributed by atoms with Crippen LogP contribution in [0.2, 0.25) is 0 Å². The Labute approximate surface area is 150 Å². The van der Waals surface area contributed by atoms with Gasteiger partial charge in [-0.3, -0.25) is 0 Å². The number of anilines is 1. The van der Waals surface area contributed by atoms with Gasteiger partial charge in [-0.15, -0.1) is 0 Å². The number of urea groups is 1. The second kappa shape index (κ2) is 7.60. The van der Waals surface area contributed by atoms with E-state index in [2.05, 4.69) is 44.4 Å². The van der Waals surface area contributed by atoms with Crippen LogP contribution in [-0.4, -0.2) is 12.8 Å². The summed E-state index contributed by atoms with van der Waals surface area (Å²) in [6.45, 7) is 12.6. The van der Waals surface area contributed by atoms with Crippen molar-refractivity contribution in [1.82, 2.24) is 5.32 Å². The van der Waals surface area contributed by atoms with E-state index < -0.39 is 0 Å². The number of rotatable bonds is 4. The van der Waals surface area contributed by atoms with Crippen LogP contribution in [0.5, 0.6) is 5.75 Å². The summed E-state index contributed by atoms with van der Waals surface area (Å²) in [5.41, 5.74) is 5.30. The molecule has 0 aromatic heterocycles. The molecule has 0 heterocycles. The van der Waals surface area contributed by atoms with Gasteiger partial charge >= 0.3 is 6.03 Å². The van der Waals surface area contributed by atoms with Crippen molar-refractivity contribution in [3.63, 3.8) is 0 Å². The van der Waals surface area contributed by atoms with E-state index in [0.29, 0.717) is 0 Å². The van der Waals surface area contributed by atoms with E-state index in [0.717, 1.165) is 22.6 Å². The van der Waals surface area contributed by atoms with E-state index in [9.17, 15) is 4.79 Å². The van der Waals surface area contributed by atoms with Gasteiger partial charge in [-0.25, -0.2) is 4.79 Å². The molecule has 0 aliphatic heterocycles. The molecule has 134 valence electrons. The van der Waals surface area contributed by atoms with E-state index in [1.165, 1.54) is 11.1 Å². The quantitative estimate of drug-likeness (QED) is 0.764. The first-order valence-electron chi connectivity index (χ1n) is 8.53. The number of ether oxygens (including phenoxy) is 1. The smallest absolute Gasteiger partial charge is 0.321 e. The van der Waals surface area contributed by atoms with Crippen LogP contribution in [0.15, 0.2) is 36.4 Å². The summed E-state index contributed by atoms with van der Waals surface area (Å²) in [6, 6.07) is 11.7. The Morgan fingerprint density at radius 3 is 2.28 bits per heavy atom. The summed E-state index contributed by atoms with van der Waals surface area (Å²) in [5.74, 6) is 0.796. The van der Waals surface area contributed by atoms with Crippen LogP contribution in [0, 0.1) is 20.8 Å². The number of carbonyl (C=O) groups excluding carboxylic acids is 1. The fourth-order valence-corrected chi connectivity index (χ4v) is 2.66. The molecule has 0 radical (unpaired) electrons. The lowest BCUT2D eigenvalue weighted by molar-refractivity contribution is 0.233. The predicted octanol–water partition coefficient (Wildman–Crippen LogP) is 5.07. The average Bonchev–Trinajstić information content (AvgIpc) is 2.50. The second-order valence-electron chi connectivity index (χ2n) is 7.49. The van der Waals surface area contributed by atoms with Crippen LogP contribution < -0.4 is 15.4 Å². The molecule has 0 bridgehead atoms. The molecule has 2 aromatic carbocycles. The molecule has 0 unspecified atom stereocenters. The van der Waals surface area contributed by atoms with E-state index in [1.807, 2.05) is 44.2 Å². The molecule has 4 nitrogen and oxygen atoms in total. The topological polar surface area (TPSA) is 50.4 Å². The minimum Gasteiger partial charge on any atom is -0.473 e. The van der Waals surface area contributed by atoms with Gasteiger partial charge in [0.05, 0.1) is 0 Å². The Morgan fingerprint density at radius 1 is 1.00 bits per heavy atom. The minimum absolute atomic E-state index is 0.0252. The SMILES string of the molecule is Cc1ccc(NC(=O)NCOc2ccc(C)cc2C(C)(C)C)c(C)c1. The summed E-state index contributed by atoms with van der Waals surface area (Å²) in [7, 11) is 0. The number of benzene rings is 2. The van der Waals surface area contributed by atoms with E-state index in [4.69, 9.17) is 4.74 Å². The van der Waals surface area contributed by atoms with Gasteiger partial charge in [0.2, 0.25) is 0 Å². The summed E-state index contributed by atoms with van der Waals surface area (Å²) in [4.78, 5) is 12.1. The van der Waals surface area contributed by atoms with Gasteiger partial charge in [0.15, 0.2) is 6.73 Å². The largest absolute Gasteiger partial charge is 0.473 e. The first kappa shape index (κ1) is 18.8. The van der Waals surface area contributed by atoms with E-state index in [-0.39, 0.29) is 18.2 Å². The van der Waals surface area contributed by atoms with Gasteiger partial charge < -0.3 is 15.4 Å². The number of amides is 2. The molecular weight excluding hydrogens is 312 g/mol. The molecule has 2 N–H and O–H groups in total.